The van der Waals surface area contributed by atoms with Gasteiger partial charge in [-0.3, -0.25) is 0 Å². The predicted molar refractivity (Wildman–Crippen MR) is 344 cm³/mol. The maximum atomic E-state index is 7.43. The second-order valence-electron chi connectivity index (χ2n) is 23.3. The summed E-state index contributed by atoms with van der Waals surface area (Å²) in [6, 6.07) is 89.5. The molecule has 8 aliphatic rings. The molecule has 0 spiro atoms. The maximum Gasteiger partial charge on any atom is 0.256 e. The lowest BCUT2D eigenvalue weighted by molar-refractivity contribution is 0.486. The molecule has 0 radical (unpaired) electrons. The summed E-state index contributed by atoms with van der Waals surface area (Å²) in [5.41, 5.74) is 30.5. The van der Waals surface area contributed by atoms with Gasteiger partial charge < -0.3 is 33.5 Å². The van der Waals surface area contributed by atoms with Gasteiger partial charge >= 0.3 is 0 Å². The number of para-hydroxylation sites is 8. The van der Waals surface area contributed by atoms with Crippen LogP contribution in [0.4, 0.5) is 68.2 Å². The van der Waals surface area contributed by atoms with Crippen LogP contribution in [0.5, 0.6) is 23.0 Å². The highest BCUT2D eigenvalue weighted by atomic mass is 16.5. The second-order valence-corrected chi connectivity index (χ2v) is 23.3. The number of rotatable bonds is 2. The van der Waals surface area contributed by atoms with Gasteiger partial charge in [-0.2, -0.15) is 0 Å². The second kappa shape index (κ2) is 15.3. The lowest BCUT2D eigenvalue weighted by atomic mass is 9.29. The monoisotopic (exact) mass is 1050 g/mol. The Morgan fingerprint density at radius 1 is 0.241 bits per heavy atom. The van der Waals surface area contributed by atoms with Crippen LogP contribution in [0.1, 0.15) is 0 Å². The Morgan fingerprint density at radius 2 is 0.542 bits per heavy atom. The quantitative estimate of drug-likeness (QED) is 0.160. The molecule has 7 nitrogen and oxygen atoms in total. The Balaban J connectivity index is 0.795. The van der Waals surface area contributed by atoms with E-state index in [-0.39, 0.29) is 26.9 Å². The number of nitrogens with zero attached hydrogens (tertiary/aromatic N) is 4. The minimum atomic E-state index is -0.121. The Hall–Kier alpha value is -10.5. The summed E-state index contributed by atoms with van der Waals surface area (Å²) in [5.74, 6) is 3.33. The molecule has 0 saturated carbocycles. The molecule has 0 saturated heterocycles. The summed E-state index contributed by atoms with van der Waals surface area (Å²) in [4.78, 5) is 9.99. The van der Waals surface area contributed by atoms with Gasteiger partial charge in [0, 0.05) is 103 Å². The first-order valence-electron chi connectivity index (χ1n) is 28.9. The summed E-state index contributed by atoms with van der Waals surface area (Å²) >= 11 is 0. The van der Waals surface area contributed by atoms with E-state index in [4.69, 9.17) is 13.9 Å². The fourth-order valence-corrected chi connectivity index (χ4v) is 16.4. The van der Waals surface area contributed by atoms with Crippen molar-refractivity contribution in [1.29, 1.82) is 0 Å². The molecule has 378 valence electrons. The van der Waals surface area contributed by atoms with Crippen molar-refractivity contribution in [3.63, 3.8) is 0 Å². The predicted octanol–water partition coefficient (Wildman–Crippen LogP) is 9.62. The van der Waals surface area contributed by atoms with Crippen molar-refractivity contribution in [2.45, 2.75) is 0 Å². The van der Waals surface area contributed by atoms with Crippen molar-refractivity contribution in [3.05, 3.63) is 243 Å². The van der Waals surface area contributed by atoms with Crippen molar-refractivity contribution in [1.82, 2.24) is 0 Å². The van der Waals surface area contributed by atoms with Crippen molar-refractivity contribution in [3.8, 4) is 23.0 Å². The minimum absolute atomic E-state index is 0.0105. The van der Waals surface area contributed by atoms with Crippen molar-refractivity contribution in [2.75, 3.05) is 19.6 Å². The van der Waals surface area contributed by atoms with Crippen molar-refractivity contribution >= 4 is 183 Å². The third kappa shape index (κ3) is 5.29. The first-order chi connectivity index (χ1) is 41.2. The number of benzene rings is 12. The lowest BCUT2D eigenvalue weighted by Crippen LogP contribution is -2.68. The molecule has 13 aromatic rings. The van der Waals surface area contributed by atoms with Crippen molar-refractivity contribution in [2.24, 2.45) is 0 Å². The summed E-state index contributed by atoms with van der Waals surface area (Å²) in [6.07, 6.45) is 0. The lowest BCUT2D eigenvalue weighted by Gasteiger charge is -2.49. The minimum Gasteiger partial charge on any atom is -0.458 e. The van der Waals surface area contributed by atoms with Crippen LogP contribution in [0.2, 0.25) is 0 Å². The number of hydrogen-bond donors (Lipinski definition) is 0. The molecule has 8 aliphatic heterocycles. The van der Waals surface area contributed by atoms with Gasteiger partial charge in [-0.05, 0) is 126 Å². The Labute approximate surface area is 479 Å². The van der Waals surface area contributed by atoms with Gasteiger partial charge in [0.1, 0.15) is 34.2 Å². The normalized spacial score (nSPS) is 14.7. The number of fused-ring (bicyclic) bond motifs is 23. The zero-order valence-corrected chi connectivity index (χ0v) is 44.4. The van der Waals surface area contributed by atoms with Gasteiger partial charge in [0.05, 0.1) is 0 Å². The number of anilines is 12. The molecule has 12 aromatic carbocycles. The SMILES string of the molecule is c1ccc(N2c3ccccc3B3c4ccccc4N4c5ccccc5B5c6cc7c(cc6Oc6cc2c3c4c65)oc2cc3c(cc27)B2c4ccccc4N4c5ccccc5B5c6ccccc6N(c6ccccc6)c6cc(c2c4c65)O3)cc1. The van der Waals surface area contributed by atoms with Gasteiger partial charge in [-0.1, -0.05) is 158 Å². The standard InChI is InChI=1S/C72H40B4N4O3/c1-3-19-41(20-4-1)77-53-29-13-7-23-45(53)73-47-25-9-15-31-55(47)79-57-33-17-11-27-49(57)75-51-35-43-44-36-52-64(40-62(44)81-61(43)39-63(51)82-65-37-59(77)67(73)71(79)69(65)75)83-66-38-60-68-72-70(66)76(52)50-28-12-18-34-58(50)80(72)56-32-16-10-26-48(56)74(68)46-24-8-14-30-54(46)78(60)42-21-5-2-6-22-42/h1-40H. The third-order valence-corrected chi connectivity index (χ3v) is 19.5. The molecule has 0 unspecified atom stereocenters. The molecule has 83 heavy (non-hydrogen) atoms. The molecule has 0 atom stereocenters. The zero-order valence-electron chi connectivity index (χ0n) is 44.4. The van der Waals surface area contributed by atoms with E-state index in [0.29, 0.717) is 0 Å². The van der Waals surface area contributed by atoms with Gasteiger partial charge in [0.15, 0.2) is 0 Å². The van der Waals surface area contributed by atoms with E-state index < -0.39 is 0 Å². The first kappa shape index (κ1) is 43.3. The maximum absolute atomic E-state index is 7.43. The Kier molecular flexibility index (Phi) is 7.97. The Bertz CT molecular complexity index is 4810. The molecule has 0 amide bonds. The van der Waals surface area contributed by atoms with Crippen LogP contribution < -0.4 is 94.6 Å². The van der Waals surface area contributed by atoms with E-state index in [0.717, 1.165) is 78.6 Å². The van der Waals surface area contributed by atoms with Gasteiger partial charge in [-0.15, -0.1) is 0 Å². The fourth-order valence-electron chi connectivity index (χ4n) is 16.4. The summed E-state index contributed by atoms with van der Waals surface area (Å²) in [5, 5.41) is 2.11. The number of furan rings is 1. The van der Waals surface area contributed by atoms with Crippen LogP contribution in [0.25, 0.3) is 21.9 Å². The molecule has 0 N–H and O–H groups in total. The summed E-state index contributed by atoms with van der Waals surface area (Å²) in [6.45, 7) is -0.222. The van der Waals surface area contributed by atoms with E-state index in [1.54, 1.807) is 0 Å². The van der Waals surface area contributed by atoms with Crippen LogP contribution in [-0.4, -0.2) is 26.9 Å². The van der Waals surface area contributed by atoms with Crippen LogP contribution in [0, 0.1) is 0 Å². The van der Waals surface area contributed by atoms with E-state index >= 15 is 0 Å². The zero-order chi connectivity index (χ0) is 53.5. The average molecular weight is 1050 g/mol. The van der Waals surface area contributed by atoms with Crippen LogP contribution in [0.3, 0.4) is 0 Å². The molecular formula is C72H40B4N4O3. The van der Waals surface area contributed by atoms with E-state index in [2.05, 4.69) is 262 Å². The molecule has 9 heterocycles. The molecule has 0 fully saturated rings. The highest BCUT2D eigenvalue weighted by Gasteiger charge is 2.53. The van der Waals surface area contributed by atoms with Crippen molar-refractivity contribution < 1.29 is 13.9 Å². The summed E-state index contributed by atoms with van der Waals surface area (Å²) < 4.78 is 21.9. The molecule has 0 aliphatic carbocycles. The van der Waals surface area contributed by atoms with E-state index in [1.165, 1.54) is 100 Å². The van der Waals surface area contributed by atoms with E-state index in [9.17, 15) is 0 Å². The van der Waals surface area contributed by atoms with Gasteiger partial charge in [0.2, 0.25) is 0 Å². The van der Waals surface area contributed by atoms with Gasteiger partial charge in [-0.25, -0.2) is 0 Å². The van der Waals surface area contributed by atoms with E-state index in [1.807, 2.05) is 0 Å². The first-order valence-corrected chi connectivity index (χ1v) is 28.9. The smallest absolute Gasteiger partial charge is 0.256 e. The van der Waals surface area contributed by atoms with Crippen LogP contribution >= 0.6 is 0 Å². The fraction of sp³-hybridized carbons (Fsp3) is 0. The third-order valence-electron chi connectivity index (χ3n) is 19.5. The average Bonchev–Trinajstić information content (AvgIpc) is 0.974. The van der Waals surface area contributed by atoms with Crippen LogP contribution in [-0.2, 0) is 0 Å². The highest BCUT2D eigenvalue weighted by molar-refractivity contribution is 7.05. The molecule has 0 bridgehead atoms. The molecular weight excluding hydrogens is 1010 g/mol. The molecule has 1 aromatic heterocycles. The Morgan fingerprint density at radius 3 is 0.892 bits per heavy atom. The van der Waals surface area contributed by atoms with Crippen LogP contribution in [0.15, 0.2) is 247 Å². The van der Waals surface area contributed by atoms with Gasteiger partial charge in [0.25, 0.3) is 26.9 Å². The number of hydrogen-bond acceptors (Lipinski definition) is 7. The highest BCUT2D eigenvalue weighted by Crippen LogP contribution is 2.51. The molecule has 21 rings (SSSR count). The topological polar surface area (TPSA) is 44.6 Å². The summed E-state index contributed by atoms with van der Waals surface area (Å²) in [7, 11) is 0. The number of ether oxygens (including phenoxy) is 2. The largest absolute Gasteiger partial charge is 0.458 e. The molecule has 11 heteroatoms.